The Morgan fingerprint density at radius 3 is 2.03 bits per heavy atom. The Morgan fingerprint density at radius 1 is 0.862 bits per heavy atom. The lowest BCUT2D eigenvalue weighted by molar-refractivity contribution is -0.143. The second kappa shape index (κ2) is 6.45. The highest BCUT2D eigenvalue weighted by Gasteiger charge is 2.60. The third-order valence-electron chi connectivity index (χ3n) is 8.12. The van der Waals surface area contributed by atoms with Gasteiger partial charge in [-0.15, -0.1) is 0 Å². The topological polar surface area (TPSA) is 29.1 Å². The van der Waals surface area contributed by atoms with Crippen LogP contribution in [0.1, 0.15) is 66.3 Å². The summed E-state index contributed by atoms with van der Waals surface area (Å²) < 4.78 is 0. The summed E-state index contributed by atoms with van der Waals surface area (Å²) in [7, 11) is 0. The molecule has 0 saturated heterocycles. The molecule has 0 spiro atoms. The zero-order valence-corrected chi connectivity index (χ0v) is 18.3. The molecule has 4 fully saturated rings. The highest BCUT2D eigenvalue weighted by Crippen LogP contribution is 2.66. The van der Waals surface area contributed by atoms with Crippen molar-refractivity contribution >= 4 is 11.6 Å². The minimum atomic E-state index is -0.196. The predicted molar refractivity (Wildman–Crippen MR) is 119 cm³/mol. The van der Waals surface area contributed by atoms with Crippen molar-refractivity contribution in [3.05, 3.63) is 64.2 Å². The first-order chi connectivity index (χ1) is 13.8. The number of hydrogen-bond acceptors (Lipinski definition) is 1. The molecule has 152 valence electrons. The normalized spacial score (nSPS) is 32.4. The lowest BCUT2D eigenvalue weighted by atomic mass is 9.42. The van der Waals surface area contributed by atoms with E-state index < -0.39 is 0 Å². The number of anilines is 1. The summed E-state index contributed by atoms with van der Waals surface area (Å²) in [5, 5.41) is 3.40. The first-order valence-electron chi connectivity index (χ1n) is 11.3. The van der Waals surface area contributed by atoms with Gasteiger partial charge in [-0.2, -0.15) is 0 Å². The second-order valence-electron chi connectivity index (χ2n) is 10.6. The van der Waals surface area contributed by atoms with Gasteiger partial charge in [-0.05, 0) is 100 Å². The van der Waals surface area contributed by atoms with Crippen molar-refractivity contribution in [2.45, 2.75) is 71.6 Å². The zero-order chi connectivity index (χ0) is 20.4. The van der Waals surface area contributed by atoms with Crippen molar-refractivity contribution in [1.29, 1.82) is 0 Å². The molecule has 2 nitrogen and oxygen atoms in total. The number of aryl methyl sites for hydroxylation is 4. The molecular formula is C27H33NO. The van der Waals surface area contributed by atoms with E-state index in [0.29, 0.717) is 11.8 Å². The predicted octanol–water partition coefficient (Wildman–Crippen LogP) is 6.40. The molecule has 6 rings (SSSR count). The fourth-order valence-corrected chi connectivity index (χ4v) is 7.40. The Hall–Kier alpha value is -2.09. The number of hydrogen-bond donors (Lipinski definition) is 1. The van der Waals surface area contributed by atoms with Crippen LogP contribution in [-0.4, -0.2) is 5.91 Å². The fourth-order valence-electron chi connectivity index (χ4n) is 7.40. The SMILES string of the molecule is Cc1ccc(C23C[C@H]4C[C@@H](CC(C(=O)Nc5c(C)cc(C)cc5C)(C4)C2)C3)cc1. The van der Waals surface area contributed by atoms with Crippen LogP contribution in [0.2, 0.25) is 0 Å². The first-order valence-corrected chi connectivity index (χ1v) is 11.3. The molecular weight excluding hydrogens is 354 g/mol. The van der Waals surface area contributed by atoms with Crippen LogP contribution in [0.25, 0.3) is 0 Å². The molecule has 0 aliphatic heterocycles. The number of carbonyl (C=O) groups excluding carboxylic acids is 1. The Labute approximate surface area is 175 Å². The number of rotatable bonds is 3. The van der Waals surface area contributed by atoms with Crippen molar-refractivity contribution < 1.29 is 4.79 Å². The van der Waals surface area contributed by atoms with Crippen LogP contribution in [-0.2, 0) is 10.2 Å². The molecule has 1 N–H and O–H groups in total. The molecule has 2 aromatic carbocycles. The minimum absolute atomic E-state index is 0.196. The number of benzene rings is 2. The van der Waals surface area contributed by atoms with Gasteiger partial charge in [-0.25, -0.2) is 0 Å². The molecule has 4 aliphatic carbocycles. The van der Waals surface area contributed by atoms with Gasteiger partial charge >= 0.3 is 0 Å². The van der Waals surface area contributed by atoms with Crippen molar-refractivity contribution in [1.82, 2.24) is 0 Å². The van der Waals surface area contributed by atoms with Crippen molar-refractivity contribution in [2.75, 3.05) is 5.32 Å². The van der Waals surface area contributed by atoms with Gasteiger partial charge in [0.25, 0.3) is 0 Å². The summed E-state index contributed by atoms with van der Waals surface area (Å²) in [6, 6.07) is 13.5. The number of amides is 1. The average molecular weight is 388 g/mol. The van der Waals surface area contributed by atoms with E-state index in [0.717, 1.165) is 24.9 Å². The van der Waals surface area contributed by atoms with Crippen LogP contribution in [0.3, 0.4) is 0 Å². The van der Waals surface area contributed by atoms with E-state index >= 15 is 0 Å². The van der Waals surface area contributed by atoms with Crippen molar-refractivity contribution in [3.8, 4) is 0 Å². The summed E-state index contributed by atoms with van der Waals surface area (Å²) >= 11 is 0. The van der Waals surface area contributed by atoms with Crippen LogP contribution in [0.5, 0.6) is 0 Å². The summed E-state index contributed by atoms with van der Waals surface area (Å²) in [5.74, 6) is 1.67. The quantitative estimate of drug-likeness (QED) is 0.649. The molecule has 4 bridgehead atoms. The average Bonchev–Trinajstić information content (AvgIpc) is 2.63. The summed E-state index contributed by atoms with van der Waals surface area (Å²) in [5.41, 5.74) is 7.42. The van der Waals surface area contributed by atoms with E-state index in [1.165, 1.54) is 47.1 Å². The van der Waals surface area contributed by atoms with Crippen LogP contribution < -0.4 is 5.32 Å². The molecule has 2 atom stereocenters. The lowest BCUT2D eigenvalue weighted by Crippen LogP contribution is -2.58. The molecule has 0 radical (unpaired) electrons. The van der Waals surface area contributed by atoms with Crippen LogP contribution >= 0.6 is 0 Å². The number of nitrogens with one attached hydrogen (secondary N) is 1. The third kappa shape index (κ3) is 3.03. The van der Waals surface area contributed by atoms with Gasteiger partial charge < -0.3 is 5.32 Å². The van der Waals surface area contributed by atoms with Crippen LogP contribution in [0.4, 0.5) is 5.69 Å². The van der Waals surface area contributed by atoms with Crippen molar-refractivity contribution in [3.63, 3.8) is 0 Å². The second-order valence-corrected chi connectivity index (χ2v) is 10.6. The Kier molecular flexibility index (Phi) is 4.21. The summed E-state index contributed by atoms with van der Waals surface area (Å²) in [4.78, 5) is 13.8. The van der Waals surface area contributed by atoms with E-state index in [9.17, 15) is 4.79 Å². The van der Waals surface area contributed by atoms with Gasteiger partial charge in [-0.3, -0.25) is 4.79 Å². The van der Waals surface area contributed by atoms with Gasteiger partial charge in [0.1, 0.15) is 0 Å². The van der Waals surface area contributed by atoms with Gasteiger partial charge in [0.15, 0.2) is 0 Å². The first kappa shape index (κ1) is 18.9. The van der Waals surface area contributed by atoms with E-state index in [-0.39, 0.29) is 16.7 Å². The third-order valence-corrected chi connectivity index (χ3v) is 8.12. The van der Waals surface area contributed by atoms with Gasteiger partial charge in [-0.1, -0.05) is 47.5 Å². The van der Waals surface area contributed by atoms with E-state index in [4.69, 9.17) is 0 Å². The maximum atomic E-state index is 13.8. The van der Waals surface area contributed by atoms with E-state index in [2.05, 4.69) is 69.4 Å². The van der Waals surface area contributed by atoms with Gasteiger partial charge in [0.2, 0.25) is 5.91 Å². The molecule has 29 heavy (non-hydrogen) atoms. The molecule has 2 aromatic rings. The molecule has 1 amide bonds. The van der Waals surface area contributed by atoms with Gasteiger partial charge in [0.05, 0.1) is 5.41 Å². The largest absolute Gasteiger partial charge is 0.325 e. The molecule has 2 heteroatoms. The minimum Gasteiger partial charge on any atom is -0.325 e. The molecule has 4 aliphatic rings. The molecule has 0 aromatic heterocycles. The maximum Gasteiger partial charge on any atom is 0.230 e. The Balaban J connectivity index is 1.49. The van der Waals surface area contributed by atoms with Crippen LogP contribution in [0.15, 0.2) is 36.4 Å². The summed E-state index contributed by atoms with van der Waals surface area (Å²) in [6.45, 7) is 8.51. The molecule has 0 heterocycles. The lowest BCUT2D eigenvalue weighted by Gasteiger charge is -2.61. The smallest absolute Gasteiger partial charge is 0.230 e. The maximum absolute atomic E-state index is 13.8. The highest BCUT2D eigenvalue weighted by molar-refractivity contribution is 5.97. The Bertz CT molecular complexity index is 934. The summed E-state index contributed by atoms with van der Waals surface area (Å²) in [6.07, 6.45) is 7.03. The Morgan fingerprint density at radius 2 is 1.45 bits per heavy atom. The van der Waals surface area contributed by atoms with Crippen LogP contribution in [0, 0.1) is 44.9 Å². The fraction of sp³-hybridized carbons (Fsp3) is 0.519. The molecule has 4 saturated carbocycles. The molecule has 0 unspecified atom stereocenters. The zero-order valence-electron chi connectivity index (χ0n) is 18.3. The van der Waals surface area contributed by atoms with Gasteiger partial charge in [0, 0.05) is 5.69 Å². The number of carbonyl (C=O) groups is 1. The highest BCUT2D eigenvalue weighted by atomic mass is 16.2. The standard InChI is InChI=1S/C27H33NO/c1-17-5-7-23(8-6-17)26-12-21-11-22(13-26)15-27(14-21,16-26)25(29)28-24-19(3)9-18(2)10-20(24)4/h5-10,21-22H,11-16H2,1-4H3,(H,28,29)/t21-,22-,26?,27?/m1/s1. The van der Waals surface area contributed by atoms with Crippen molar-refractivity contribution in [2.24, 2.45) is 17.3 Å². The van der Waals surface area contributed by atoms with E-state index in [1.807, 2.05) is 0 Å². The monoisotopic (exact) mass is 387 g/mol. The van der Waals surface area contributed by atoms with E-state index in [1.54, 1.807) is 0 Å².